The first kappa shape index (κ1) is 15.4. The van der Waals surface area contributed by atoms with Gasteiger partial charge in [-0.2, -0.15) is 18.3 Å². The second-order valence-electron chi connectivity index (χ2n) is 4.07. The molecule has 2 aromatic heterocycles. The minimum atomic E-state index is -4.53. The molecule has 2 heterocycles. The van der Waals surface area contributed by atoms with Gasteiger partial charge in [0, 0.05) is 13.2 Å². The molecule has 0 amide bonds. The van der Waals surface area contributed by atoms with Crippen molar-refractivity contribution in [3.63, 3.8) is 0 Å². The normalized spacial score (nSPS) is 13.3. The molecule has 0 bridgehead atoms. The van der Waals surface area contributed by atoms with Crippen molar-refractivity contribution in [2.75, 3.05) is 5.73 Å². The predicted molar refractivity (Wildman–Crippen MR) is 67.4 cm³/mol. The van der Waals surface area contributed by atoms with Crippen LogP contribution in [0.2, 0.25) is 0 Å². The number of halogens is 4. The van der Waals surface area contributed by atoms with Crippen LogP contribution in [-0.4, -0.2) is 20.5 Å². The number of anilines is 1. The molecule has 1 atom stereocenters. The van der Waals surface area contributed by atoms with Crippen LogP contribution in [0.3, 0.4) is 0 Å². The van der Waals surface area contributed by atoms with Crippen molar-refractivity contribution in [2.45, 2.75) is 19.1 Å². The highest BCUT2D eigenvalue weighted by Crippen LogP contribution is 2.29. The van der Waals surface area contributed by atoms with E-state index in [0.717, 1.165) is 6.92 Å². The number of aryl methyl sites for hydroxylation is 1. The summed E-state index contributed by atoms with van der Waals surface area (Å²) in [6.07, 6.45) is -1.86. The van der Waals surface area contributed by atoms with Crippen molar-refractivity contribution >= 4 is 29.0 Å². The lowest BCUT2D eigenvalue weighted by atomic mass is 10.3. The first-order valence-electron chi connectivity index (χ1n) is 5.12. The maximum absolute atomic E-state index is 12.6. The lowest BCUT2D eigenvalue weighted by molar-refractivity contribution is -0.166. The number of aromatic nitrogens is 3. The largest absolute Gasteiger partial charge is 0.410 e. The SMILES string of the molecule is CC(n1ncc2c(c(N)cn2C)c1=O)C(F)(F)F.Cl. The van der Waals surface area contributed by atoms with E-state index < -0.39 is 17.8 Å². The van der Waals surface area contributed by atoms with Gasteiger partial charge in [-0.25, -0.2) is 4.68 Å². The second-order valence-corrected chi connectivity index (χ2v) is 4.07. The molecule has 0 aromatic carbocycles. The van der Waals surface area contributed by atoms with Gasteiger partial charge < -0.3 is 10.3 Å². The summed E-state index contributed by atoms with van der Waals surface area (Å²) in [4.78, 5) is 12.0. The zero-order valence-corrected chi connectivity index (χ0v) is 10.9. The summed E-state index contributed by atoms with van der Waals surface area (Å²) in [6, 6.07) is -1.99. The molecule has 5 nitrogen and oxygen atoms in total. The number of hydrogen-bond acceptors (Lipinski definition) is 3. The third-order valence-corrected chi connectivity index (χ3v) is 2.82. The molecule has 0 aliphatic heterocycles. The van der Waals surface area contributed by atoms with Crippen LogP contribution in [0.1, 0.15) is 13.0 Å². The van der Waals surface area contributed by atoms with Crippen molar-refractivity contribution < 1.29 is 13.2 Å². The van der Waals surface area contributed by atoms with Gasteiger partial charge in [0.1, 0.15) is 6.04 Å². The quantitative estimate of drug-likeness (QED) is 0.873. The van der Waals surface area contributed by atoms with Crippen LogP contribution in [0.25, 0.3) is 10.9 Å². The highest BCUT2D eigenvalue weighted by Gasteiger charge is 2.39. The van der Waals surface area contributed by atoms with E-state index in [0.29, 0.717) is 10.2 Å². The Kier molecular flexibility index (Phi) is 3.85. The molecule has 0 aliphatic carbocycles. The van der Waals surface area contributed by atoms with Gasteiger partial charge in [-0.1, -0.05) is 0 Å². The number of nitrogen functional groups attached to an aromatic ring is 1. The molecule has 0 spiro atoms. The number of alkyl halides is 3. The summed E-state index contributed by atoms with van der Waals surface area (Å²) >= 11 is 0. The molecule has 2 rings (SSSR count). The maximum Gasteiger partial charge on any atom is 0.410 e. The summed E-state index contributed by atoms with van der Waals surface area (Å²) in [7, 11) is 1.64. The summed E-state index contributed by atoms with van der Waals surface area (Å²) in [5.41, 5.74) is 5.32. The molecule has 0 fully saturated rings. The monoisotopic (exact) mass is 296 g/mol. The summed E-state index contributed by atoms with van der Waals surface area (Å²) in [6.45, 7) is 0.874. The summed E-state index contributed by atoms with van der Waals surface area (Å²) in [5.74, 6) is 0. The van der Waals surface area contributed by atoms with Crippen molar-refractivity contribution in [2.24, 2.45) is 7.05 Å². The Labute approximate surface area is 112 Å². The Morgan fingerprint density at radius 1 is 1.42 bits per heavy atom. The number of nitrogens with zero attached hydrogens (tertiary/aromatic N) is 3. The number of rotatable bonds is 1. The average Bonchev–Trinajstić information content (AvgIpc) is 2.53. The molecule has 9 heteroatoms. The van der Waals surface area contributed by atoms with Crippen LogP contribution in [0, 0.1) is 0 Å². The molecule has 106 valence electrons. The van der Waals surface area contributed by atoms with Crippen LogP contribution in [0.15, 0.2) is 17.2 Å². The van der Waals surface area contributed by atoms with Crippen LogP contribution >= 0.6 is 12.4 Å². The van der Waals surface area contributed by atoms with E-state index in [1.165, 1.54) is 12.4 Å². The molecule has 2 aromatic rings. The van der Waals surface area contributed by atoms with E-state index in [-0.39, 0.29) is 23.5 Å². The van der Waals surface area contributed by atoms with E-state index >= 15 is 0 Å². The van der Waals surface area contributed by atoms with Gasteiger partial charge in [-0.3, -0.25) is 4.79 Å². The Bertz CT molecular complexity index is 661. The van der Waals surface area contributed by atoms with Crippen molar-refractivity contribution in [1.82, 2.24) is 14.3 Å². The fourth-order valence-electron chi connectivity index (χ4n) is 1.75. The van der Waals surface area contributed by atoms with Crippen LogP contribution in [0.5, 0.6) is 0 Å². The molecule has 19 heavy (non-hydrogen) atoms. The van der Waals surface area contributed by atoms with Crippen molar-refractivity contribution in [3.05, 3.63) is 22.7 Å². The average molecular weight is 297 g/mol. The smallest absolute Gasteiger partial charge is 0.397 e. The second kappa shape index (κ2) is 4.76. The first-order chi connectivity index (χ1) is 8.23. The minimum absolute atomic E-state index is 0. The first-order valence-corrected chi connectivity index (χ1v) is 5.12. The van der Waals surface area contributed by atoms with E-state index in [2.05, 4.69) is 5.10 Å². The standard InChI is InChI=1S/C10H11F3N4O.ClH/c1-5(10(11,12)13)17-9(18)8-6(14)4-16(2)7(8)3-15-17;/h3-5H,14H2,1-2H3;1H. The number of nitrogens with two attached hydrogens (primary N) is 1. The molecule has 0 aliphatic rings. The maximum atomic E-state index is 12.6. The molecule has 0 saturated carbocycles. The van der Waals surface area contributed by atoms with Gasteiger partial charge in [0.2, 0.25) is 0 Å². The van der Waals surface area contributed by atoms with Gasteiger partial charge >= 0.3 is 6.18 Å². The van der Waals surface area contributed by atoms with Crippen molar-refractivity contribution in [3.8, 4) is 0 Å². The van der Waals surface area contributed by atoms with Gasteiger partial charge in [0.15, 0.2) is 0 Å². The van der Waals surface area contributed by atoms with Crippen LogP contribution < -0.4 is 11.3 Å². The molecular formula is C10H12ClF3N4O. The van der Waals surface area contributed by atoms with E-state index in [4.69, 9.17) is 5.73 Å². The zero-order valence-electron chi connectivity index (χ0n) is 10.1. The predicted octanol–water partition coefficient (Wildman–Crippen LogP) is 1.86. The fourth-order valence-corrected chi connectivity index (χ4v) is 1.75. The Hall–Kier alpha value is -1.70. The lowest BCUT2D eigenvalue weighted by Crippen LogP contribution is -2.34. The van der Waals surface area contributed by atoms with E-state index in [1.54, 1.807) is 11.6 Å². The topological polar surface area (TPSA) is 65.8 Å². The molecule has 1 unspecified atom stereocenters. The Morgan fingerprint density at radius 3 is 2.53 bits per heavy atom. The zero-order chi connectivity index (χ0) is 13.7. The third-order valence-electron chi connectivity index (χ3n) is 2.82. The van der Waals surface area contributed by atoms with Gasteiger partial charge in [0.25, 0.3) is 5.56 Å². The summed E-state index contributed by atoms with van der Waals surface area (Å²) < 4.78 is 39.7. The molecule has 0 saturated heterocycles. The Balaban J connectivity index is 0.00000180. The van der Waals surface area contributed by atoms with Crippen LogP contribution in [-0.2, 0) is 7.05 Å². The minimum Gasteiger partial charge on any atom is -0.397 e. The highest BCUT2D eigenvalue weighted by atomic mass is 35.5. The van der Waals surface area contributed by atoms with Crippen LogP contribution in [0.4, 0.5) is 18.9 Å². The number of hydrogen-bond donors (Lipinski definition) is 1. The molecule has 2 N–H and O–H groups in total. The molecular weight excluding hydrogens is 285 g/mol. The van der Waals surface area contributed by atoms with E-state index in [1.807, 2.05) is 0 Å². The highest BCUT2D eigenvalue weighted by molar-refractivity contribution is 5.90. The lowest BCUT2D eigenvalue weighted by Gasteiger charge is -2.16. The van der Waals surface area contributed by atoms with Crippen molar-refractivity contribution in [1.29, 1.82) is 0 Å². The summed E-state index contributed by atoms with van der Waals surface area (Å²) in [5, 5.41) is 3.61. The van der Waals surface area contributed by atoms with Gasteiger partial charge in [-0.15, -0.1) is 12.4 Å². The Morgan fingerprint density at radius 2 is 2.00 bits per heavy atom. The third kappa shape index (κ3) is 2.40. The van der Waals surface area contributed by atoms with Gasteiger partial charge in [-0.05, 0) is 6.92 Å². The fraction of sp³-hybridized carbons (Fsp3) is 0.400. The van der Waals surface area contributed by atoms with E-state index in [9.17, 15) is 18.0 Å². The number of fused-ring (bicyclic) bond motifs is 1. The molecule has 0 radical (unpaired) electrons. The van der Waals surface area contributed by atoms with Gasteiger partial charge in [0.05, 0.1) is 22.8 Å².